The van der Waals surface area contributed by atoms with Crippen LogP contribution in [0.3, 0.4) is 0 Å². The topological polar surface area (TPSA) is 105 Å². The second-order valence-corrected chi connectivity index (χ2v) is 5.77. The van der Waals surface area contributed by atoms with E-state index in [1.54, 1.807) is 30.9 Å². The van der Waals surface area contributed by atoms with E-state index in [9.17, 15) is 9.59 Å². The van der Waals surface area contributed by atoms with Crippen molar-refractivity contribution in [3.63, 3.8) is 0 Å². The summed E-state index contributed by atoms with van der Waals surface area (Å²) in [6.45, 7) is 6.08. The zero-order valence-corrected chi connectivity index (χ0v) is 13.6. The van der Waals surface area contributed by atoms with Crippen LogP contribution in [0.2, 0.25) is 0 Å². The van der Waals surface area contributed by atoms with Gasteiger partial charge in [-0.3, -0.25) is 14.5 Å². The number of amides is 2. The van der Waals surface area contributed by atoms with Crippen LogP contribution >= 0.6 is 0 Å². The smallest absolute Gasteiger partial charge is 0.292 e. The van der Waals surface area contributed by atoms with Crippen molar-refractivity contribution in [1.29, 1.82) is 0 Å². The highest BCUT2D eigenvalue weighted by Gasteiger charge is 2.25. The van der Waals surface area contributed by atoms with Crippen molar-refractivity contribution in [3.8, 4) is 0 Å². The minimum Gasteiger partial charge on any atom is -0.360 e. The van der Waals surface area contributed by atoms with Crippen LogP contribution in [-0.2, 0) is 4.79 Å². The Balaban J connectivity index is 1.46. The second kappa shape index (κ2) is 6.83. The molecule has 0 spiro atoms. The third kappa shape index (κ3) is 3.80. The molecule has 0 radical (unpaired) electrons. The van der Waals surface area contributed by atoms with Crippen molar-refractivity contribution in [3.05, 3.63) is 29.3 Å². The van der Waals surface area contributed by atoms with Gasteiger partial charge < -0.3 is 19.3 Å². The molecule has 24 heavy (non-hydrogen) atoms. The van der Waals surface area contributed by atoms with Gasteiger partial charge in [-0.2, -0.15) is 0 Å². The predicted octanol–water partition coefficient (Wildman–Crippen LogP) is 0.676. The monoisotopic (exact) mass is 333 g/mol. The maximum Gasteiger partial charge on any atom is 0.292 e. The molecule has 0 atom stereocenters. The van der Waals surface area contributed by atoms with Gasteiger partial charge in [0, 0.05) is 38.3 Å². The van der Waals surface area contributed by atoms with E-state index in [4.69, 9.17) is 9.05 Å². The van der Waals surface area contributed by atoms with E-state index < -0.39 is 0 Å². The second-order valence-electron chi connectivity index (χ2n) is 5.77. The molecule has 2 amide bonds. The molecule has 128 valence electrons. The van der Waals surface area contributed by atoms with Gasteiger partial charge in [0.15, 0.2) is 5.82 Å². The Labute approximate surface area is 138 Å². The molecule has 1 N–H and O–H groups in total. The van der Waals surface area contributed by atoms with E-state index in [1.165, 1.54) is 0 Å². The van der Waals surface area contributed by atoms with Crippen molar-refractivity contribution < 1.29 is 18.6 Å². The fraction of sp³-hybridized carbons (Fsp3) is 0.467. The molecule has 2 aromatic rings. The predicted molar refractivity (Wildman–Crippen MR) is 83.5 cm³/mol. The average Bonchev–Trinajstić information content (AvgIpc) is 3.16. The molecule has 2 aromatic heterocycles. The molecule has 3 heterocycles. The number of aromatic nitrogens is 2. The standard InChI is InChI=1S/C15H19N5O4/c1-10-7-12(24-17-10)15(22)20-5-3-19(4-6-20)9-14(21)16-13-8-11(2)23-18-13/h7-8H,3-6,9H2,1-2H3,(H,16,18,21). The molecule has 1 aliphatic rings. The van der Waals surface area contributed by atoms with Crippen LogP contribution in [0.15, 0.2) is 21.2 Å². The Morgan fingerprint density at radius 2 is 1.88 bits per heavy atom. The van der Waals surface area contributed by atoms with Crippen LogP contribution < -0.4 is 5.32 Å². The maximum atomic E-state index is 12.3. The van der Waals surface area contributed by atoms with Crippen LogP contribution in [0.1, 0.15) is 22.0 Å². The first-order valence-corrected chi connectivity index (χ1v) is 7.69. The lowest BCUT2D eigenvalue weighted by Crippen LogP contribution is -2.50. The first-order chi connectivity index (χ1) is 11.5. The molecule has 0 unspecified atom stereocenters. The summed E-state index contributed by atoms with van der Waals surface area (Å²) in [6.07, 6.45) is 0. The summed E-state index contributed by atoms with van der Waals surface area (Å²) in [5.74, 6) is 0.971. The molecule has 1 saturated heterocycles. The number of nitrogens with one attached hydrogen (secondary N) is 1. The zero-order valence-electron chi connectivity index (χ0n) is 13.6. The van der Waals surface area contributed by atoms with Gasteiger partial charge in [-0.25, -0.2) is 0 Å². The Kier molecular flexibility index (Phi) is 4.61. The highest BCUT2D eigenvalue weighted by Crippen LogP contribution is 2.11. The lowest BCUT2D eigenvalue weighted by atomic mass is 10.2. The first-order valence-electron chi connectivity index (χ1n) is 7.69. The summed E-state index contributed by atoms with van der Waals surface area (Å²) in [5, 5.41) is 10.1. The molecule has 9 heteroatoms. The van der Waals surface area contributed by atoms with Crippen LogP contribution in [-0.4, -0.2) is 64.7 Å². The summed E-state index contributed by atoms with van der Waals surface area (Å²) in [5.41, 5.74) is 0.678. The number of carbonyl (C=O) groups excluding carboxylic acids is 2. The molecule has 0 aromatic carbocycles. The van der Waals surface area contributed by atoms with E-state index in [1.807, 2.05) is 4.90 Å². The van der Waals surface area contributed by atoms with E-state index in [0.717, 1.165) is 0 Å². The molecule has 1 aliphatic heterocycles. The summed E-state index contributed by atoms with van der Waals surface area (Å²) in [7, 11) is 0. The summed E-state index contributed by atoms with van der Waals surface area (Å²) in [4.78, 5) is 27.9. The van der Waals surface area contributed by atoms with Gasteiger partial charge in [0.1, 0.15) is 5.76 Å². The highest BCUT2D eigenvalue weighted by atomic mass is 16.5. The molecule has 0 bridgehead atoms. The molecule has 9 nitrogen and oxygen atoms in total. The van der Waals surface area contributed by atoms with Crippen molar-refractivity contribution >= 4 is 17.6 Å². The molecule has 1 fully saturated rings. The van der Waals surface area contributed by atoms with Crippen LogP contribution in [0, 0.1) is 13.8 Å². The number of carbonyl (C=O) groups is 2. The van der Waals surface area contributed by atoms with Crippen molar-refractivity contribution in [2.24, 2.45) is 0 Å². The third-order valence-corrected chi connectivity index (χ3v) is 3.76. The third-order valence-electron chi connectivity index (χ3n) is 3.76. The number of hydrogen-bond acceptors (Lipinski definition) is 7. The zero-order chi connectivity index (χ0) is 17.1. The summed E-state index contributed by atoms with van der Waals surface area (Å²) in [6, 6.07) is 3.29. The number of nitrogens with zero attached hydrogens (tertiary/aromatic N) is 4. The number of anilines is 1. The highest BCUT2D eigenvalue weighted by molar-refractivity contribution is 5.92. The quantitative estimate of drug-likeness (QED) is 0.877. The minimum atomic E-state index is -0.169. The van der Waals surface area contributed by atoms with Gasteiger partial charge in [0.25, 0.3) is 5.91 Å². The van der Waals surface area contributed by atoms with Gasteiger partial charge in [0.05, 0.1) is 12.2 Å². The van der Waals surface area contributed by atoms with Gasteiger partial charge >= 0.3 is 0 Å². The van der Waals surface area contributed by atoms with Crippen LogP contribution in [0.4, 0.5) is 5.82 Å². The van der Waals surface area contributed by atoms with Crippen molar-refractivity contribution in [2.45, 2.75) is 13.8 Å². The molecular weight excluding hydrogens is 314 g/mol. The number of aryl methyl sites for hydroxylation is 2. The lowest BCUT2D eigenvalue weighted by molar-refractivity contribution is -0.117. The van der Waals surface area contributed by atoms with Crippen molar-refractivity contribution in [2.75, 3.05) is 38.0 Å². The van der Waals surface area contributed by atoms with E-state index in [0.29, 0.717) is 43.5 Å². The Bertz CT molecular complexity index is 730. The Morgan fingerprint density at radius 3 is 2.46 bits per heavy atom. The van der Waals surface area contributed by atoms with E-state index in [-0.39, 0.29) is 24.1 Å². The lowest BCUT2D eigenvalue weighted by Gasteiger charge is -2.33. The number of rotatable bonds is 4. The molecule has 3 rings (SSSR count). The van der Waals surface area contributed by atoms with Crippen molar-refractivity contribution in [1.82, 2.24) is 20.1 Å². The Hall–Kier alpha value is -2.68. The van der Waals surface area contributed by atoms with Gasteiger partial charge in [0.2, 0.25) is 11.7 Å². The fourth-order valence-electron chi connectivity index (χ4n) is 2.54. The van der Waals surface area contributed by atoms with E-state index in [2.05, 4.69) is 15.6 Å². The summed E-state index contributed by atoms with van der Waals surface area (Å²) < 4.78 is 9.91. The van der Waals surface area contributed by atoms with Crippen LogP contribution in [0.25, 0.3) is 0 Å². The Morgan fingerprint density at radius 1 is 1.12 bits per heavy atom. The van der Waals surface area contributed by atoms with Gasteiger partial charge in [-0.1, -0.05) is 10.3 Å². The number of piperazine rings is 1. The SMILES string of the molecule is Cc1cc(C(=O)N2CCN(CC(=O)Nc3cc(C)on3)CC2)on1. The van der Waals surface area contributed by atoms with Crippen LogP contribution in [0.5, 0.6) is 0 Å². The maximum absolute atomic E-state index is 12.3. The average molecular weight is 333 g/mol. The molecular formula is C15H19N5O4. The first kappa shape index (κ1) is 16.2. The minimum absolute atomic E-state index is 0.158. The molecule has 0 saturated carbocycles. The normalized spacial score (nSPS) is 15.5. The number of hydrogen-bond donors (Lipinski definition) is 1. The molecule has 0 aliphatic carbocycles. The van der Waals surface area contributed by atoms with Gasteiger partial charge in [-0.15, -0.1) is 0 Å². The van der Waals surface area contributed by atoms with E-state index >= 15 is 0 Å². The van der Waals surface area contributed by atoms with Gasteiger partial charge in [-0.05, 0) is 13.8 Å². The summed E-state index contributed by atoms with van der Waals surface area (Å²) >= 11 is 0. The largest absolute Gasteiger partial charge is 0.360 e. The fourth-order valence-corrected chi connectivity index (χ4v) is 2.54.